The molecule has 4 fully saturated rings. The number of nitrogens with one attached hydrogen (secondary N) is 1. The molecule has 0 radical (unpaired) electrons. The summed E-state index contributed by atoms with van der Waals surface area (Å²) in [4.78, 5) is 33.7. The number of alkyl carbamates (subject to hydrolysis) is 1. The van der Waals surface area contributed by atoms with E-state index in [1.54, 1.807) is 43.4 Å². The summed E-state index contributed by atoms with van der Waals surface area (Å²) in [5.41, 5.74) is 2.26. The van der Waals surface area contributed by atoms with E-state index in [4.69, 9.17) is 4.74 Å². The number of hydrogen-bond donors (Lipinski definition) is 1. The molecule has 10 nitrogen and oxygen atoms in total. The van der Waals surface area contributed by atoms with Crippen LogP contribution < -0.4 is 15.1 Å². The average molecular weight is 772 g/mol. The van der Waals surface area contributed by atoms with Gasteiger partial charge in [0.2, 0.25) is 15.7 Å². The summed E-state index contributed by atoms with van der Waals surface area (Å²) in [6.07, 6.45) is 6.93. The van der Waals surface area contributed by atoms with E-state index in [2.05, 4.69) is 32.7 Å². The number of halogens is 1. The van der Waals surface area contributed by atoms with Crippen LogP contribution in [0.4, 0.5) is 20.6 Å². The number of anilines is 2. The molecule has 2 amide bonds. The fourth-order valence-corrected chi connectivity index (χ4v) is 11.0. The number of nitrogens with zero attached hydrogens (tertiary/aromatic N) is 4. The number of ether oxygens (including phenoxy) is 1. The molecule has 55 heavy (non-hydrogen) atoms. The SMILES string of the molecule is C=CC(=O)N(C)c1cccc(S(=O)(=O)c2ccc(N3CC(CN4CCC(C(CN5CCC5)(c5cccc(F)c5)[C@H]5CCC[C@@H]5NC(=O)OC)CC4)C3)cc2)c1. The predicted molar refractivity (Wildman–Crippen MR) is 213 cm³/mol. The van der Waals surface area contributed by atoms with Crippen molar-refractivity contribution >= 4 is 33.2 Å². The van der Waals surface area contributed by atoms with Crippen LogP contribution >= 0.6 is 0 Å². The number of rotatable bonds is 13. The van der Waals surface area contributed by atoms with Crippen LogP contribution in [0.1, 0.15) is 44.1 Å². The molecule has 0 spiro atoms. The maximum Gasteiger partial charge on any atom is 0.407 e. The summed E-state index contributed by atoms with van der Waals surface area (Å²) in [6.45, 7) is 11.3. The van der Waals surface area contributed by atoms with Gasteiger partial charge in [0.15, 0.2) is 0 Å². The largest absolute Gasteiger partial charge is 0.453 e. The lowest BCUT2D eigenvalue weighted by atomic mass is 9.57. The zero-order valence-electron chi connectivity index (χ0n) is 32.0. The van der Waals surface area contributed by atoms with Crippen LogP contribution in [0.3, 0.4) is 0 Å². The Hall–Kier alpha value is -4.26. The monoisotopic (exact) mass is 771 g/mol. The molecule has 1 unspecified atom stereocenters. The number of benzene rings is 3. The fourth-order valence-electron chi connectivity index (χ4n) is 9.73. The number of likely N-dealkylation sites (tertiary alicyclic amines) is 2. The second-order valence-electron chi connectivity index (χ2n) is 15.9. The minimum atomic E-state index is -3.78. The number of carbonyl (C=O) groups is 2. The Morgan fingerprint density at radius 1 is 0.927 bits per heavy atom. The van der Waals surface area contributed by atoms with Gasteiger partial charge in [-0.2, -0.15) is 0 Å². The van der Waals surface area contributed by atoms with Crippen molar-refractivity contribution in [3.05, 3.63) is 96.8 Å². The second-order valence-corrected chi connectivity index (χ2v) is 17.9. The second kappa shape index (κ2) is 16.5. The van der Waals surface area contributed by atoms with Gasteiger partial charge in [0, 0.05) is 62.0 Å². The maximum absolute atomic E-state index is 15.0. The molecule has 294 valence electrons. The van der Waals surface area contributed by atoms with Gasteiger partial charge in [0.05, 0.1) is 16.9 Å². The molecule has 1 N–H and O–H groups in total. The first-order chi connectivity index (χ1) is 26.5. The molecule has 3 aromatic carbocycles. The summed E-state index contributed by atoms with van der Waals surface area (Å²) in [7, 11) is -0.779. The van der Waals surface area contributed by atoms with Gasteiger partial charge in [-0.15, -0.1) is 0 Å². The molecule has 7 rings (SSSR count). The third kappa shape index (κ3) is 8.04. The van der Waals surface area contributed by atoms with Crippen LogP contribution in [-0.2, 0) is 24.8 Å². The highest BCUT2D eigenvalue weighted by molar-refractivity contribution is 7.91. The number of carbonyl (C=O) groups excluding carboxylic acids is 2. The normalized spacial score (nSPS) is 22.3. The summed E-state index contributed by atoms with van der Waals surface area (Å²) >= 11 is 0. The van der Waals surface area contributed by atoms with E-state index < -0.39 is 15.9 Å². The number of sulfone groups is 1. The molecule has 3 aromatic rings. The lowest BCUT2D eigenvalue weighted by Gasteiger charge is -2.54. The smallest absolute Gasteiger partial charge is 0.407 e. The molecule has 0 bridgehead atoms. The van der Waals surface area contributed by atoms with Crippen molar-refractivity contribution in [2.45, 2.75) is 59.8 Å². The van der Waals surface area contributed by atoms with Crippen LogP contribution in [0.5, 0.6) is 0 Å². The number of amides is 2. The van der Waals surface area contributed by atoms with Gasteiger partial charge in [0.1, 0.15) is 5.82 Å². The van der Waals surface area contributed by atoms with E-state index in [9.17, 15) is 18.0 Å². The fraction of sp³-hybridized carbons (Fsp3) is 0.488. The Morgan fingerprint density at radius 2 is 1.65 bits per heavy atom. The molecule has 3 saturated heterocycles. The lowest BCUT2D eigenvalue weighted by molar-refractivity contribution is -0.113. The van der Waals surface area contributed by atoms with Crippen molar-refractivity contribution in [1.29, 1.82) is 0 Å². The topological polar surface area (TPSA) is 103 Å². The third-order valence-electron chi connectivity index (χ3n) is 12.8. The predicted octanol–water partition coefficient (Wildman–Crippen LogP) is 6.12. The lowest BCUT2D eigenvalue weighted by Crippen LogP contribution is -2.60. The highest BCUT2D eigenvalue weighted by atomic mass is 32.2. The molecule has 1 saturated carbocycles. The highest BCUT2D eigenvalue weighted by Crippen LogP contribution is 2.51. The quantitative estimate of drug-likeness (QED) is 0.208. The zero-order valence-corrected chi connectivity index (χ0v) is 32.9. The molecular formula is C43H54FN5O5S. The Bertz CT molecular complexity index is 1960. The first-order valence-corrected chi connectivity index (χ1v) is 21.2. The molecule has 3 atom stereocenters. The van der Waals surface area contributed by atoms with Gasteiger partial charge in [0.25, 0.3) is 0 Å². The number of hydrogen-bond acceptors (Lipinski definition) is 8. The first-order valence-electron chi connectivity index (χ1n) is 19.7. The van der Waals surface area contributed by atoms with Crippen molar-refractivity contribution < 1.29 is 27.1 Å². The molecule has 3 heterocycles. The van der Waals surface area contributed by atoms with E-state index in [-0.39, 0.29) is 38.9 Å². The zero-order chi connectivity index (χ0) is 38.7. The van der Waals surface area contributed by atoms with Crippen LogP contribution in [0, 0.1) is 23.6 Å². The molecule has 3 aliphatic heterocycles. The maximum atomic E-state index is 15.0. The van der Waals surface area contributed by atoms with Crippen molar-refractivity contribution in [3.8, 4) is 0 Å². The Morgan fingerprint density at radius 3 is 2.31 bits per heavy atom. The summed E-state index contributed by atoms with van der Waals surface area (Å²) in [5.74, 6) is 0.519. The van der Waals surface area contributed by atoms with Crippen molar-refractivity contribution in [3.63, 3.8) is 0 Å². The molecule has 1 aliphatic carbocycles. The Labute approximate surface area is 325 Å². The van der Waals surface area contributed by atoms with Gasteiger partial charge < -0.3 is 29.7 Å². The summed E-state index contributed by atoms with van der Waals surface area (Å²) in [5, 5.41) is 3.18. The Balaban J connectivity index is 0.992. The summed E-state index contributed by atoms with van der Waals surface area (Å²) < 4.78 is 47.1. The molecule has 0 aromatic heterocycles. The molecule has 12 heteroatoms. The van der Waals surface area contributed by atoms with E-state index >= 15 is 4.39 Å². The minimum Gasteiger partial charge on any atom is -0.453 e. The van der Waals surface area contributed by atoms with E-state index in [1.165, 1.54) is 36.6 Å². The van der Waals surface area contributed by atoms with Gasteiger partial charge in [-0.25, -0.2) is 17.6 Å². The van der Waals surface area contributed by atoms with Crippen LogP contribution in [-0.4, -0.2) is 103 Å². The number of likely N-dealkylation sites (N-methyl/N-ethyl adjacent to an activating group) is 1. The third-order valence-corrected chi connectivity index (χ3v) is 14.6. The van der Waals surface area contributed by atoms with Crippen LogP contribution in [0.25, 0.3) is 0 Å². The Kier molecular flexibility index (Phi) is 11.7. The molecule has 4 aliphatic rings. The molecular weight excluding hydrogens is 718 g/mol. The van der Waals surface area contributed by atoms with Crippen LogP contribution in [0.2, 0.25) is 0 Å². The number of methoxy groups -OCH3 is 1. The van der Waals surface area contributed by atoms with Crippen molar-refractivity contribution in [2.24, 2.45) is 17.8 Å². The van der Waals surface area contributed by atoms with Gasteiger partial charge in [-0.1, -0.05) is 31.2 Å². The standard InChI is InChI=1S/C43H54FN5O5S/c1-4-41(50)46(2)36-11-6-12-38(26-36)55(52,53)37-17-15-35(16-18-37)49-28-31(29-49)27-47-23-19-32(20-24-47)43(30-48-21-8-22-48,33-9-5-10-34(44)25-33)39-13-7-14-40(39)45-42(51)54-3/h4-6,9-12,15-18,25-26,31-32,39-40H,1,7-8,13-14,19-24,27-30H2,2-3H3,(H,45,51)/t39-,40-,43?/m0/s1. The highest BCUT2D eigenvalue weighted by Gasteiger charge is 2.53. The van der Waals surface area contributed by atoms with Gasteiger partial charge >= 0.3 is 6.09 Å². The van der Waals surface area contributed by atoms with Crippen molar-refractivity contribution in [1.82, 2.24) is 15.1 Å². The average Bonchev–Trinajstić information content (AvgIpc) is 3.63. The van der Waals surface area contributed by atoms with Crippen LogP contribution in [0.15, 0.2) is 95.2 Å². The van der Waals surface area contributed by atoms with Gasteiger partial charge in [-0.05, 0) is 136 Å². The number of piperidine rings is 1. The minimum absolute atomic E-state index is 0.0160. The van der Waals surface area contributed by atoms with E-state index in [0.717, 1.165) is 95.7 Å². The van der Waals surface area contributed by atoms with E-state index in [0.29, 0.717) is 17.5 Å². The first kappa shape index (κ1) is 39.0. The summed E-state index contributed by atoms with van der Waals surface area (Å²) in [6, 6.07) is 20.7. The van der Waals surface area contributed by atoms with Gasteiger partial charge in [-0.3, -0.25) is 4.79 Å². The van der Waals surface area contributed by atoms with E-state index in [1.807, 2.05) is 18.2 Å². The van der Waals surface area contributed by atoms with Crippen molar-refractivity contribution in [2.75, 3.05) is 76.3 Å².